The summed E-state index contributed by atoms with van der Waals surface area (Å²) < 4.78 is 5.77. The van der Waals surface area contributed by atoms with Crippen molar-refractivity contribution >= 4 is 29.4 Å². The molecule has 1 amide bonds. The highest BCUT2D eigenvalue weighted by Crippen LogP contribution is 2.26. The van der Waals surface area contributed by atoms with E-state index in [-0.39, 0.29) is 6.04 Å². The van der Waals surface area contributed by atoms with Crippen LogP contribution in [0.15, 0.2) is 24.3 Å². The Morgan fingerprint density at radius 2 is 2.00 bits per heavy atom. The Morgan fingerprint density at radius 1 is 1.28 bits per heavy atom. The van der Waals surface area contributed by atoms with E-state index in [9.17, 15) is 4.79 Å². The lowest BCUT2D eigenvalue weighted by Crippen LogP contribution is -2.59. The first-order valence-electron chi connectivity index (χ1n) is 9.83. The molecule has 3 heterocycles. The van der Waals surface area contributed by atoms with E-state index in [2.05, 4.69) is 25.0 Å². The molecule has 0 unspecified atom stereocenters. The number of benzene rings is 1. The zero-order valence-electron chi connectivity index (χ0n) is 16.1. The fourth-order valence-electron chi connectivity index (χ4n) is 4.21. The average molecular weight is 420 g/mol. The van der Waals surface area contributed by atoms with Crippen LogP contribution in [0.1, 0.15) is 18.4 Å². The molecule has 5 N–H and O–H groups in total. The number of ether oxygens (including phenoxy) is 1. The van der Waals surface area contributed by atoms with Crippen molar-refractivity contribution in [2.75, 3.05) is 36.9 Å². The molecule has 0 aliphatic carbocycles. The summed E-state index contributed by atoms with van der Waals surface area (Å²) in [5, 5.41) is 7.56. The normalized spacial score (nSPS) is 24.0. The van der Waals surface area contributed by atoms with Gasteiger partial charge in [0.05, 0.1) is 6.61 Å². The van der Waals surface area contributed by atoms with E-state index >= 15 is 0 Å². The zero-order chi connectivity index (χ0) is 20.4. The second-order valence-electron chi connectivity index (χ2n) is 7.64. The molecular weight excluding hydrogens is 394 g/mol. The van der Waals surface area contributed by atoms with Crippen molar-refractivity contribution in [2.24, 2.45) is 5.73 Å². The van der Waals surface area contributed by atoms with Crippen molar-refractivity contribution in [3.8, 4) is 0 Å². The van der Waals surface area contributed by atoms with Gasteiger partial charge in [0.2, 0.25) is 17.8 Å². The summed E-state index contributed by atoms with van der Waals surface area (Å²) in [5.41, 5.74) is 12.4. The van der Waals surface area contributed by atoms with Crippen molar-refractivity contribution in [3.63, 3.8) is 0 Å². The number of amides is 1. The van der Waals surface area contributed by atoms with Crippen LogP contribution in [-0.4, -0.2) is 70.4 Å². The lowest BCUT2D eigenvalue weighted by Gasteiger charge is -2.46. The third-order valence-electron chi connectivity index (χ3n) is 5.74. The summed E-state index contributed by atoms with van der Waals surface area (Å²) in [6.07, 6.45) is 2.15. The summed E-state index contributed by atoms with van der Waals surface area (Å²) in [5.74, 6) is 0.548. The predicted molar refractivity (Wildman–Crippen MR) is 111 cm³/mol. The minimum absolute atomic E-state index is 0.183. The van der Waals surface area contributed by atoms with Crippen LogP contribution in [-0.2, 0) is 16.0 Å². The van der Waals surface area contributed by atoms with Crippen molar-refractivity contribution in [1.29, 1.82) is 0 Å². The number of primary amides is 1. The smallest absolute Gasteiger partial charge is 0.247 e. The molecule has 2 atom stereocenters. The van der Waals surface area contributed by atoms with Gasteiger partial charge in [-0.1, -0.05) is 23.7 Å². The molecule has 29 heavy (non-hydrogen) atoms. The maximum Gasteiger partial charge on any atom is 0.247 e. The number of morpholine rings is 1. The van der Waals surface area contributed by atoms with Gasteiger partial charge in [-0.2, -0.15) is 4.98 Å². The number of piperidine rings is 1. The molecule has 0 spiro atoms. The van der Waals surface area contributed by atoms with E-state index in [0.29, 0.717) is 31.1 Å². The summed E-state index contributed by atoms with van der Waals surface area (Å²) in [6, 6.07) is 8.40. The Balaban J connectivity index is 1.44. The summed E-state index contributed by atoms with van der Waals surface area (Å²) in [6.45, 7) is 2.65. The Morgan fingerprint density at radius 3 is 2.62 bits per heavy atom. The van der Waals surface area contributed by atoms with E-state index in [4.69, 9.17) is 27.8 Å². The fraction of sp³-hybridized carbons (Fsp3) is 0.526. The average Bonchev–Trinajstić information content (AvgIpc) is 3.16. The zero-order valence-corrected chi connectivity index (χ0v) is 16.9. The molecular formula is C19H26ClN7O2. The Labute approximate surface area is 174 Å². The number of carbonyl (C=O) groups excluding carboxylic acids is 1. The van der Waals surface area contributed by atoms with E-state index in [1.165, 1.54) is 5.56 Å². The molecule has 2 aliphatic rings. The lowest BCUT2D eigenvalue weighted by molar-refractivity contribution is -0.141. The molecule has 0 saturated carbocycles. The van der Waals surface area contributed by atoms with Crippen molar-refractivity contribution < 1.29 is 9.53 Å². The van der Waals surface area contributed by atoms with E-state index in [0.717, 1.165) is 37.4 Å². The van der Waals surface area contributed by atoms with Gasteiger partial charge in [-0.3, -0.25) is 9.69 Å². The van der Waals surface area contributed by atoms with Crippen LogP contribution >= 0.6 is 11.6 Å². The minimum Gasteiger partial charge on any atom is -0.368 e. The number of hydrogen-bond acceptors (Lipinski definition) is 7. The molecule has 9 nitrogen and oxygen atoms in total. The number of halogens is 1. The van der Waals surface area contributed by atoms with Gasteiger partial charge in [0.1, 0.15) is 6.10 Å². The highest BCUT2D eigenvalue weighted by Gasteiger charge is 2.37. The molecule has 2 aromatic rings. The number of rotatable bonds is 5. The molecule has 0 bridgehead atoms. The number of carbonyl (C=O) groups is 1. The van der Waals surface area contributed by atoms with Gasteiger partial charge in [0.15, 0.2) is 0 Å². The van der Waals surface area contributed by atoms with Gasteiger partial charge in [-0.15, -0.1) is 5.10 Å². The fourth-order valence-corrected chi connectivity index (χ4v) is 4.33. The second-order valence-corrected chi connectivity index (χ2v) is 8.08. The number of aromatic nitrogens is 3. The minimum atomic E-state index is -0.567. The van der Waals surface area contributed by atoms with Crippen molar-refractivity contribution in [1.82, 2.24) is 20.1 Å². The highest BCUT2D eigenvalue weighted by molar-refractivity contribution is 6.30. The van der Waals surface area contributed by atoms with Crippen LogP contribution in [0.4, 0.5) is 11.9 Å². The van der Waals surface area contributed by atoms with Crippen LogP contribution < -0.4 is 16.4 Å². The topological polar surface area (TPSA) is 126 Å². The predicted octanol–water partition coefficient (Wildman–Crippen LogP) is 0.807. The maximum atomic E-state index is 11.7. The number of nitrogen functional groups attached to an aromatic ring is 1. The number of anilines is 2. The lowest BCUT2D eigenvalue weighted by atomic mass is 9.96. The van der Waals surface area contributed by atoms with Gasteiger partial charge >= 0.3 is 0 Å². The molecule has 1 aromatic carbocycles. The summed E-state index contributed by atoms with van der Waals surface area (Å²) in [7, 11) is 0. The summed E-state index contributed by atoms with van der Waals surface area (Å²) in [4.78, 5) is 20.5. The molecule has 2 fully saturated rings. The molecule has 2 aliphatic heterocycles. The number of hydrogen-bond donors (Lipinski definition) is 3. The van der Waals surface area contributed by atoms with Crippen LogP contribution in [0, 0.1) is 0 Å². The largest absolute Gasteiger partial charge is 0.368 e. The van der Waals surface area contributed by atoms with Crippen LogP contribution in [0.2, 0.25) is 5.02 Å². The number of aromatic amines is 1. The van der Waals surface area contributed by atoms with E-state index in [1.54, 1.807) is 0 Å². The maximum absolute atomic E-state index is 11.7. The third-order valence-corrected chi connectivity index (χ3v) is 6.00. The van der Waals surface area contributed by atoms with Crippen LogP contribution in [0.25, 0.3) is 0 Å². The molecule has 156 valence electrons. The highest BCUT2D eigenvalue weighted by atomic mass is 35.5. The first-order chi connectivity index (χ1) is 14.0. The van der Waals surface area contributed by atoms with Gasteiger partial charge in [-0.05, 0) is 37.0 Å². The van der Waals surface area contributed by atoms with Crippen molar-refractivity contribution in [3.05, 3.63) is 34.9 Å². The van der Waals surface area contributed by atoms with E-state index < -0.39 is 12.0 Å². The summed E-state index contributed by atoms with van der Waals surface area (Å²) >= 11 is 6.01. The number of nitrogens with one attached hydrogen (secondary N) is 1. The number of nitrogens with zero attached hydrogens (tertiary/aromatic N) is 4. The standard InChI is InChI=1S/C19H26ClN7O2/c20-13-3-1-12(2-4-13)9-15-11-29-16(17(21)28)10-27(15)14-5-7-26(8-6-14)19-23-18(22)24-25-19/h1-4,14-16H,5-11H2,(H2,21,28)(H3,22,23,24,25)/t15-,16+/m0/s1. The second kappa shape index (κ2) is 8.56. The van der Waals surface area contributed by atoms with Crippen LogP contribution in [0.5, 0.6) is 0 Å². The quantitative estimate of drug-likeness (QED) is 0.654. The molecule has 1 aromatic heterocycles. The molecule has 0 radical (unpaired) electrons. The third kappa shape index (κ3) is 4.63. The first kappa shape index (κ1) is 19.9. The first-order valence-corrected chi connectivity index (χ1v) is 10.2. The number of H-pyrrole nitrogens is 1. The monoisotopic (exact) mass is 419 g/mol. The number of nitrogens with two attached hydrogens (primary N) is 2. The molecule has 4 rings (SSSR count). The van der Waals surface area contributed by atoms with Crippen LogP contribution in [0.3, 0.4) is 0 Å². The van der Waals surface area contributed by atoms with Gasteiger partial charge < -0.3 is 21.1 Å². The van der Waals surface area contributed by atoms with Gasteiger partial charge in [0, 0.05) is 36.7 Å². The van der Waals surface area contributed by atoms with Gasteiger partial charge in [-0.25, -0.2) is 5.10 Å². The Hall–Kier alpha value is -2.36. The Kier molecular flexibility index (Phi) is 5.89. The molecule has 10 heteroatoms. The SMILES string of the molecule is NC(=O)[C@H]1CN(C2CCN(c3n[nH]c(N)n3)CC2)[C@@H](Cc2ccc(Cl)cc2)CO1. The van der Waals surface area contributed by atoms with E-state index in [1.807, 2.05) is 24.3 Å². The molecule has 2 saturated heterocycles. The Bertz CT molecular complexity index is 835. The van der Waals surface area contributed by atoms with Gasteiger partial charge in [0.25, 0.3) is 0 Å². The van der Waals surface area contributed by atoms with Crippen molar-refractivity contribution in [2.45, 2.75) is 37.5 Å².